The van der Waals surface area contributed by atoms with Gasteiger partial charge >= 0.3 is 5.97 Å². The lowest BCUT2D eigenvalue weighted by atomic mass is 10.2. The molecule has 1 aromatic carbocycles. The fourth-order valence-corrected chi connectivity index (χ4v) is 3.39. The highest BCUT2D eigenvalue weighted by atomic mass is 79.9. The normalized spacial score (nSPS) is 12.1. The molecule has 1 unspecified atom stereocenters. The van der Waals surface area contributed by atoms with Crippen LogP contribution in [0.1, 0.15) is 17.6 Å². The largest absolute Gasteiger partial charge is 0.479 e. The zero-order chi connectivity index (χ0) is 15.4. The summed E-state index contributed by atoms with van der Waals surface area (Å²) in [6.45, 7) is 0. The van der Waals surface area contributed by atoms with Gasteiger partial charge in [0.05, 0.1) is 5.75 Å². The maximum atomic E-state index is 11.5. The Balaban J connectivity index is 2.24. The van der Waals surface area contributed by atoms with Gasteiger partial charge in [0.25, 0.3) is 0 Å². The van der Waals surface area contributed by atoms with E-state index >= 15 is 0 Å². The maximum Gasteiger partial charge on any atom is 0.334 e. The minimum atomic E-state index is -0.991. The van der Waals surface area contributed by atoms with E-state index in [1.54, 1.807) is 30.0 Å². The number of carboxylic acid groups (broad SMARTS) is 1. The van der Waals surface area contributed by atoms with Crippen molar-refractivity contribution in [3.8, 4) is 0 Å². The number of hydrogen-bond acceptors (Lipinski definition) is 4. The van der Waals surface area contributed by atoms with E-state index in [0.29, 0.717) is 17.2 Å². The first-order chi connectivity index (χ1) is 10.0. The van der Waals surface area contributed by atoms with Crippen molar-refractivity contribution < 1.29 is 14.3 Å². The molecule has 0 radical (unpaired) electrons. The molecule has 21 heavy (non-hydrogen) atoms. The molecule has 2 N–H and O–H groups in total. The first kappa shape index (κ1) is 16.5. The van der Waals surface area contributed by atoms with Crippen molar-refractivity contribution in [1.29, 1.82) is 0 Å². The van der Waals surface area contributed by atoms with Crippen LogP contribution in [-0.2, 0) is 10.5 Å². The molecule has 0 fully saturated rings. The second-order valence-corrected chi connectivity index (χ2v) is 6.91. The second kappa shape index (κ2) is 7.38. The van der Waals surface area contributed by atoms with Crippen molar-refractivity contribution in [1.82, 2.24) is 0 Å². The van der Waals surface area contributed by atoms with Gasteiger partial charge in [-0.1, -0.05) is 15.9 Å². The Morgan fingerprint density at radius 3 is 2.76 bits per heavy atom. The minimum Gasteiger partial charge on any atom is -0.479 e. The summed E-state index contributed by atoms with van der Waals surface area (Å²) in [5.41, 5.74) is 0.688. The predicted octanol–water partition coefficient (Wildman–Crippen LogP) is 4.91. The molecule has 0 bridgehead atoms. The quantitative estimate of drug-likeness (QED) is 0.676. The maximum absolute atomic E-state index is 11.5. The lowest BCUT2D eigenvalue weighted by Gasteiger charge is -2.15. The lowest BCUT2D eigenvalue weighted by Crippen LogP contribution is -2.20. The van der Waals surface area contributed by atoms with E-state index < -0.39 is 12.0 Å². The summed E-state index contributed by atoms with van der Waals surface area (Å²) in [6.07, 6.45) is 1.97. The molecule has 112 valence electrons. The molecule has 2 aromatic rings. The fourth-order valence-electron chi connectivity index (χ4n) is 1.79. The van der Waals surface area contributed by atoms with E-state index in [9.17, 15) is 9.90 Å². The van der Waals surface area contributed by atoms with Gasteiger partial charge in [-0.2, -0.15) is 11.8 Å². The molecule has 0 amide bonds. The smallest absolute Gasteiger partial charge is 0.334 e. The number of aliphatic carboxylic acids is 1. The molecule has 4 nitrogen and oxygen atoms in total. The van der Waals surface area contributed by atoms with Crippen molar-refractivity contribution in [3.05, 3.63) is 50.8 Å². The minimum absolute atomic E-state index is 0.390. The standard InChI is InChI=1S/C14H13Br2NO3S/c1-21-7-9-3-5-12(20-9)13(14(18)19)17-11-4-2-8(15)6-10(11)16/h2-6,13,17H,7H2,1H3,(H,18,19). The van der Waals surface area contributed by atoms with Crippen LogP contribution in [0.4, 0.5) is 5.69 Å². The van der Waals surface area contributed by atoms with Crippen LogP contribution in [-0.4, -0.2) is 17.3 Å². The van der Waals surface area contributed by atoms with Crippen LogP contribution in [0.3, 0.4) is 0 Å². The monoisotopic (exact) mass is 433 g/mol. The van der Waals surface area contributed by atoms with E-state index in [1.807, 2.05) is 18.4 Å². The van der Waals surface area contributed by atoms with Gasteiger partial charge in [-0.3, -0.25) is 0 Å². The van der Waals surface area contributed by atoms with Gasteiger partial charge in [0.2, 0.25) is 0 Å². The molecule has 1 aromatic heterocycles. The number of halogens is 2. The lowest BCUT2D eigenvalue weighted by molar-refractivity contribution is -0.138. The molecular weight excluding hydrogens is 422 g/mol. The number of nitrogens with one attached hydrogen (secondary N) is 1. The number of furan rings is 1. The first-order valence-corrected chi connectivity index (χ1v) is 9.01. The molecule has 0 aliphatic carbocycles. The van der Waals surface area contributed by atoms with Crippen LogP contribution >= 0.6 is 43.6 Å². The molecule has 0 spiro atoms. The molecule has 2 rings (SSSR count). The third kappa shape index (κ3) is 4.28. The molecule has 7 heteroatoms. The Labute approximate surface area is 143 Å². The summed E-state index contributed by atoms with van der Waals surface area (Å²) in [6, 6.07) is 8.06. The van der Waals surface area contributed by atoms with Gasteiger partial charge in [-0.25, -0.2) is 4.79 Å². The number of thioether (sulfide) groups is 1. The summed E-state index contributed by atoms with van der Waals surface area (Å²) in [7, 11) is 0. The van der Waals surface area contributed by atoms with Crippen LogP contribution in [0, 0.1) is 0 Å². The highest BCUT2D eigenvalue weighted by molar-refractivity contribution is 9.11. The summed E-state index contributed by atoms with van der Waals surface area (Å²) in [5, 5.41) is 12.4. The van der Waals surface area contributed by atoms with Crippen molar-refractivity contribution in [2.75, 3.05) is 11.6 Å². The van der Waals surface area contributed by atoms with Crippen LogP contribution in [0.15, 0.2) is 43.7 Å². The van der Waals surface area contributed by atoms with Gasteiger partial charge in [0, 0.05) is 14.6 Å². The second-order valence-electron chi connectivity index (χ2n) is 4.28. The van der Waals surface area contributed by atoms with E-state index in [0.717, 1.165) is 14.7 Å². The van der Waals surface area contributed by atoms with E-state index in [4.69, 9.17) is 4.42 Å². The van der Waals surface area contributed by atoms with Crippen LogP contribution in [0.2, 0.25) is 0 Å². The summed E-state index contributed by atoms with van der Waals surface area (Å²) in [4.78, 5) is 11.5. The van der Waals surface area contributed by atoms with Crippen molar-refractivity contribution >= 4 is 55.3 Å². The van der Waals surface area contributed by atoms with Gasteiger partial charge in [0.15, 0.2) is 6.04 Å². The van der Waals surface area contributed by atoms with E-state index in [1.165, 1.54) is 0 Å². The Hall–Kier alpha value is -0.920. The SMILES string of the molecule is CSCc1ccc(C(Nc2ccc(Br)cc2Br)C(=O)O)o1. The molecule has 0 aliphatic rings. The Morgan fingerprint density at radius 2 is 2.14 bits per heavy atom. The topological polar surface area (TPSA) is 62.5 Å². The molecular formula is C14H13Br2NO3S. The Morgan fingerprint density at radius 1 is 1.38 bits per heavy atom. The zero-order valence-electron chi connectivity index (χ0n) is 11.1. The first-order valence-electron chi connectivity index (χ1n) is 6.03. The zero-order valence-corrected chi connectivity index (χ0v) is 15.1. The van der Waals surface area contributed by atoms with Crippen LogP contribution in [0.5, 0.6) is 0 Å². The Bertz CT molecular complexity index is 645. The predicted molar refractivity (Wildman–Crippen MR) is 91.8 cm³/mol. The number of rotatable bonds is 6. The average molecular weight is 435 g/mol. The van der Waals surface area contributed by atoms with Crippen LogP contribution < -0.4 is 5.32 Å². The molecule has 0 saturated carbocycles. The summed E-state index contributed by atoms with van der Waals surface area (Å²) < 4.78 is 7.28. The third-order valence-electron chi connectivity index (χ3n) is 2.73. The number of carboxylic acids is 1. The van der Waals surface area contributed by atoms with Gasteiger partial charge in [-0.15, -0.1) is 0 Å². The molecule has 0 saturated heterocycles. The summed E-state index contributed by atoms with van der Waals surface area (Å²) >= 11 is 8.39. The number of benzene rings is 1. The number of hydrogen-bond donors (Lipinski definition) is 2. The number of carbonyl (C=O) groups is 1. The van der Waals surface area contributed by atoms with Gasteiger partial charge < -0.3 is 14.8 Å². The van der Waals surface area contributed by atoms with E-state index in [2.05, 4.69) is 37.2 Å². The van der Waals surface area contributed by atoms with Crippen molar-refractivity contribution in [2.45, 2.75) is 11.8 Å². The van der Waals surface area contributed by atoms with Gasteiger partial charge in [0.1, 0.15) is 11.5 Å². The summed E-state index contributed by atoms with van der Waals surface area (Å²) in [5.74, 6) is 0.880. The highest BCUT2D eigenvalue weighted by Gasteiger charge is 2.24. The van der Waals surface area contributed by atoms with Crippen LogP contribution in [0.25, 0.3) is 0 Å². The van der Waals surface area contributed by atoms with Crippen molar-refractivity contribution in [2.24, 2.45) is 0 Å². The van der Waals surface area contributed by atoms with Gasteiger partial charge in [-0.05, 0) is 52.5 Å². The van der Waals surface area contributed by atoms with E-state index in [-0.39, 0.29) is 0 Å². The Kier molecular flexibility index (Phi) is 5.78. The fraction of sp³-hybridized carbons (Fsp3) is 0.214. The molecule has 1 heterocycles. The highest BCUT2D eigenvalue weighted by Crippen LogP contribution is 2.30. The molecule has 0 aliphatic heterocycles. The average Bonchev–Trinajstić information content (AvgIpc) is 2.86. The van der Waals surface area contributed by atoms with Crippen molar-refractivity contribution in [3.63, 3.8) is 0 Å². The molecule has 1 atom stereocenters. The third-order valence-corrected chi connectivity index (χ3v) is 4.45. The number of anilines is 1.